The second kappa shape index (κ2) is 6.40. The lowest BCUT2D eigenvalue weighted by Crippen LogP contribution is -2.40. The molecule has 1 aliphatic heterocycles. The van der Waals surface area contributed by atoms with Gasteiger partial charge in [0.15, 0.2) is 0 Å². The minimum absolute atomic E-state index is 0.0173. The normalized spacial score (nSPS) is 19.2. The molecule has 0 amide bonds. The van der Waals surface area contributed by atoms with Crippen LogP contribution in [-0.2, 0) is 10.0 Å². The Kier molecular flexibility index (Phi) is 4.79. The van der Waals surface area contributed by atoms with Crippen LogP contribution < -0.4 is 10.0 Å². The van der Waals surface area contributed by atoms with Gasteiger partial charge in [-0.05, 0) is 37.9 Å². The van der Waals surface area contributed by atoms with Gasteiger partial charge in [0.1, 0.15) is 0 Å². The van der Waals surface area contributed by atoms with Gasteiger partial charge in [0.05, 0.1) is 16.4 Å². The minimum atomic E-state index is -3.47. The summed E-state index contributed by atoms with van der Waals surface area (Å²) in [6.45, 7) is 2.49. The first kappa shape index (κ1) is 15.7. The zero-order valence-corrected chi connectivity index (χ0v) is 12.6. The zero-order valence-electron chi connectivity index (χ0n) is 11.8. The number of sulfonamides is 1. The van der Waals surface area contributed by atoms with Crippen LogP contribution in [0.4, 0.5) is 11.4 Å². The summed E-state index contributed by atoms with van der Waals surface area (Å²) in [5.41, 5.74) is 0.866. The van der Waals surface area contributed by atoms with Crippen LogP contribution in [0.25, 0.3) is 0 Å². The number of nitrogens with one attached hydrogen (secondary N) is 2. The molecule has 2 rings (SSSR count). The zero-order chi connectivity index (χ0) is 15.5. The van der Waals surface area contributed by atoms with Gasteiger partial charge in [-0.15, -0.1) is 0 Å². The molecular formula is C13H19N3O4S. The van der Waals surface area contributed by atoms with Crippen LogP contribution in [0.5, 0.6) is 0 Å². The number of piperidine rings is 1. The molecule has 1 unspecified atom stereocenters. The van der Waals surface area contributed by atoms with Crippen molar-refractivity contribution >= 4 is 21.4 Å². The van der Waals surface area contributed by atoms with Gasteiger partial charge in [0.25, 0.3) is 5.69 Å². The van der Waals surface area contributed by atoms with Gasteiger partial charge >= 0.3 is 0 Å². The van der Waals surface area contributed by atoms with Crippen LogP contribution in [0, 0.1) is 17.0 Å². The molecule has 1 aliphatic rings. The van der Waals surface area contributed by atoms with E-state index in [1.807, 2.05) is 0 Å². The summed E-state index contributed by atoms with van der Waals surface area (Å²) in [6.07, 6.45) is 2.95. The molecule has 8 heteroatoms. The molecule has 21 heavy (non-hydrogen) atoms. The number of nitro groups is 1. The summed E-state index contributed by atoms with van der Waals surface area (Å²) in [6, 6.07) is 4.05. The van der Waals surface area contributed by atoms with Crippen LogP contribution >= 0.6 is 0 Å². The van der Waals surface area contributed by atoms with E-state index in [1.54, 1.807) is 6.92 Å². The Hall–Kier alpha value is -1.67. The molecule has 0 radical (unpaired) electrons. The summed E-state index contributed by atoms with van der Waals surface area (Å²) < 4.78 is 26.8. The lowest BCUT2D eigenvalue weighted by molar-refractivity contribution is -0.384. The monoisotopic (exact) mass is 313 g/mol. The van der Waals surface area contributed by atoms with Gasteiger partial charge < -0.3 is 5.32 Å². The molecule has 116 valence electrons. The highest BCUT2D eigenvalue weighted by Crippen LogP contribution is 2.22. The van der Waals surface area contributed by atoms with Gasteiger partial charge in [0, 0.05) is 18.2 Å². The molecule has 1 saturated heterocycles. The van der Waals surface area contributed by atoms with Crippen molar-refractivity contribution in [2.75, 3.05) is 17.0 Å². The molecule has 0 bridgehead atoms. The first-order valence-corrected chi connectivity index (χ1v) is 8.51. The second-order valence-corrected chi connectivity index (χ2v) is 7.05. The standard InChI is InChI=1S/C13H19N3O4S/c1-10-8-12(16(17)18)5-6-13(10)15-21(19,20)9-11-4-2-3-7-14-11/h5-6,8,11,14-15H,2-4,7,9H2,1H3. The number of hydrogen-bond donors (Lipinski definition) is 2. The largest absolute Gasteiger partial charge is 0.313 e. The van der Waals surface area contributed by atoms with E-state index in [4.69, 9.17) is 0 Å². The number of non-ortho nitro benzene ring substituents is 1. The predicted molar refractivity (Wildman–Crippen MR) is 80.9 cm³/mol. The van der Waals surface area contributed by atoms with E-state index in [0.29, 0.717) is 11.3 Å². The molecule has 7 nitrogen and oxygen atoms in total. The Bertz CT molecular complexity index is 624. The Labute approximate surface area is 123 Å². The van der Waals surface area contributed by atoms with Crippen LogP contribution in [0.1, 0.15) is 24.8 Å². The number of benzene rings is 1. The molecule has 1 fully saturated rings. The number of rotatable bonds is 5. The maximum atomic E-state index is 12.2. The molecule has 1 atom stereocenters. The Balaban J connectivity index is 2.07. The Morgan fingerprint density at radius 3 is 2.76 bits per heavy atom. The van der Waals surface area contributed by atoms with Gasteiger partial charge in [-0.2, -0.15) is 0 Å². The molecule has 1 aromatic carbocycles. The number of nitro benzene ring substituents is 1. The molecule has 2 N–H and O–H groups in total. The highest BCUT2D eigenvalue weighted by atomic mass is 32.2. The van der Waals surface area contributed by atoms with E-state index in [0.717, 1.165) is 25.8 Å². The molecule has 1 aromatic rings. The first-order chi connectivity index (χ1) is 9.87. The van der Waals surface area contributed by atoms with Crippen molar-refractivity contribution in [1.82, 2.24) is 5.32 Å². The minimum Gasteiger partial charge on any atom is -0.313 e. The summed E-state index contributed by atoms with van der Waals surface area (Å²) in [7, 11) is -3.47. The number of hydrogen-bond acceptors (Lipinski definition) is 5. The third kappa shape index (κ3) is 4.40. The number of aryl methyl sites for hydroxylation is 1. The van der Waals surface area contributed by atoms with Crippen molar-refractivity contribution in [3.63, 3.8) is 0 Å². The lowest BCUT2D eigenvalue weighted by Gasteiger charge is -2.23. The average Bonchev–Trinajstić information content (AvgIpc) is 2.41. The molecule has 0 spiro atoms. The van der Waals surface area contributed by atoms with Crippen molar-refractivity contribution in [1.29, 1.82) is 0 Å². The van der Waals surface area contributed by atoms with Crippen LogP contribution in [-0.4, -0.2) is 31.7 Å². The van der Waals surface area contributed by atoms with Crippen LogP contribution in [0.2, 0.25) is 0 Å². The maximum absolute atomic E-state index is 12.2. The molecule has 0 saturated carbocycles. The van der Waals surface area contributed by atoms with Crippen molar-refractivity contribution in [2.24, 2.45) is 0 Å². The number of nitrogens with zero attached hydrogens (tertiary/aromatic N) is 1. The van der Waals surface area contributed by atoms with Crippen molar-refractivity contribution in [3.05, 3.63) is 33.9 Å². The predicted octanol–water partition coefficient (Wildman–Crippen LogP) is 1.79. The fourth-order valence-corrected chi connectivity index (χ4v) is 3.88. The fraction of sp³-hybridized carbons (Fsp3) is 0.538. The fourth-order valence-electron chi connectivity index (χ4n) is 2.42. The first-order valence-electron chi connectivity index (χ1n) is 6.86. The van der Waals surface area contributed by atoms with Gasteiger partial charge in [-0.3, -0.25) is 14.8 Å². The number of anilines is 1. The highest BCUT2D eigenvalue weighted by Gasteiger charge is 2.21. The smallest absolute Gasteiger partial charge is 0.269 e. The maximum Gasteiger partial charge on any atom is 0.269 e. The van der Waals surface area contributed by atoms with Gasteiger partial charge in [0.2, 0.25) is 10.0 Å². The quantitative estimate of drug-likeness (QED) is 0.637. The van der Waals surface area contributed by atoms with E-state index < -0.39 is 14.9 Å². The summed E-state index contributed by atoms with van der Waals surface area (Å²) >= 11 is 0. The molecule has 1 heterocycles. The molecule has 0 aliphatic carbocycles. The van der Waals surface area contributed by atoms with E-state index in [2.05, 4.69) is 10.0 Å². The summed E-state index contributed by atoms with van der Waals surface area (Å²) in [5.74, 6) is 0.0173. The van der Waals surface area contributed by atoms with E-state index in [9.17, 15) is 18.5 Å². The third-order valence-corrected chi connectivity index (χ3v) is 4.89. The Morgan fingerprint density at radius 2 is 2.19 bits per heavy atom. The van der Waals surface area contributed by atoms with Crippen LogP contribution in [0.15, 0.2) is 18.2 Å². The van der Waals surface area contributed by atoms with Gasteiger partial charge in [-0.25, -0.2) is 8.42 Å². The highest BCUT2D eigenvalue weighted by molar-refractivity contribution is 7.92. The third-order valence-electron chi connectivity index (χ3n) is 3.52. The summed E-state index contributed by atoms with van der Waals surface area (Å²) in [5, 5.41) is 13.9. The Morgan fingerprint density at radius 1 is 1.43 bits per heavy atom. The van der Waals surface area contributed by atoms with Crippen molar-refractivity contribution in [2.45, 2.75) is 32.2 Å². The topological polar surface area (TPSA) is 101 Å². The lowest BCUT2D eigenvalue weighted by atomic mass is 10.1. The van der Waals surface area contributed by atoms with Crippen LogP contribution in [0.3, 0.4) is 0 Å². The summed E-state index contributed by atoms with van der Waals surface area (Å²) in [4.78, 5) is 10.2. The van der Waals surface area contributed by atoms with Gasteiger partial charge in [-0.1, -0.05) is 6.42 Å². The molecule has 0 aromatic heterocycles. The second-order valence-electron chi connectivity index (χ2n) is 5.29. The SMILES string of the molecule is Cc1cc([N+](=O)[O-])ccc1NS(=O)(=O)CC1CCCCN1. The average molecular weight is 313 g/mol. The van der Waals surface area contributed by atoms with E-state index in [1.165, 1.54) is 18.2 Å². The van der Waals surface area contributed by atoms with Crippen molar-refractivity contribution in [3.8, 4) is 0 Å². The van der Waals surface area contributed by atoms with E-state index >= 15 is 0 Å². The molecular weight excluding hydrogens is 294 g/mol. The van der Waals surface area contributed by atoms with E-state index in [-0.39, 0.29) is 17.5 Å². The van der Waals surface area contributed by atoms with Crippen molar-refractivity contribution < 1.29 is 13.3 Å².